The topological polar surface area (TPSA) is 74.8 Å². The van der Waals surface area contributed by atoms with E-state index in [1.165, 1.54) is 17.0 Å². The monoisotopic (exact) mass is 406 g/mol. The first-order chi connectivity index (χ1) is 13.5. The van der Waals surface area contributed by atoms with E-state index in [9.17, 15) is 15.0 Å². The summed E-state index contributed by atoms with van der Waals surface area (Å²) in [6.45, 7) is 0. The zero-order valence-corrected chi connectivity index (χ0v) is 16.1. The summed E-state index contributed by atoms with van der Waals surface area (Å²) in [6.07, 6.45) is 6.33. The normalized spacial score (nSPS) is 14.7. The summed E-state index contributed by atoms with van der Waals surface area (Å²) in [5.74, 6) is -0.221. The Bertz CT molecular complexity index is 1230. The van der Waals surface area contributed by atoms with Crippen LogP contribution in [0.15, 0.2) is 59.7 Å². The molecule has 0 spiro atoms. The van der Waals surface area contributed by atoms with Gasteiger partial charge in [-0.25, -0.2) is 0 Å². The summed E-state index contributed by atoms with van der Waals surface area (Å²) >= 11 is 6.45. The largest absolute Gasteiger partial charge is 0.507 e. The first-order valence-electron chi connectivity index (χ1n) is 8.35. The molecule has 0 saturated carbocycles. The van der Waals surface area contributed by atoms with Crippen molar-refractivity contribution in [1.82, 2.24) is 4.68 Å². The molecule has 0 saturated heterocycles. The lowest BCUT2D eigenvalue weighted by atomic mass is 9.91. The van der Waals surface area contributed by atoms with E-state index < -0.39 is 0 Å². The number of carbonyl (C=O) groups is 1. The highest BCUT2D eigenvalue weighted by molar-refractivity contribution is 7.73. The fourth-order valence-electron chi connectivity index (χ4n) is 2.84. The number of aromatic nitrogens is 1. The fourth-order valence-corrected chi connectivity index (χ4v) is 4.01. The highest BCUT2D eigenvalue weighted by Crippen LogP contribution is 2.33. The second-order valence-corrected chi connectivity index (χ2v) is 7.69. The van der Waals surface area contributed by atoms with Gasteiger partial charge in [0.25, 0.3) is 0 Å². The zero-order valence-electron chi connectivity index (χ0n) is 14.4. The van der Waals surface area contributed by atoms with Crippen molar-refractivity contribution in [3.63, 3.8) is 0 Å². The summed E-state index contributed by atoms with van der Waals surface area (Å²) < 4.78 is 1.52. The minimum absolute atomic E-state index is 0.0750. The second-order valence-electron chi connectivity index (χ2n) is 6.01. The molecule has 0 bridgehead atoms. The van der Waals surface area contributed by atoms with E-state index in [0.29, 0.717) is 20.0 Å². The quantitative estimate of drug-likeness (QED) is 0.375. The molecule has 1 aromatic heterocycles. The maximum Gasteiger partial charge on any atom is 0.232 e. The van der Waals surface area contributed by atoms with Crippen molar-refractivity contribution in [3.05, 3.63) is 80.1 Å². The van der Waals surface area contributed by atoms with Crippen LogP contribution in [-0.4, -0.2) is 26.9 Å². The van der Waals surface area contributed by atoms with Gasteiger partial charge in [0, 0.05) is 11.1 Å². The van der Waals surface area contributed by atoms with Gasteiger partial charge < -0.3 is 10.2 Å². The van der Waals surface area contributed by atoms with E-state index in [2.05, 4.69) is 5.10 Å². The second kappa shape index (κ2) is 7.38. The number of hydrogen-bond acceptors (Lipinski definition) is 6. The molecule has 0 atom stereocenters. The van der Waals surface area contributed by atoms with Gasteiger partial charge in [-0.3, -0.25) is 4.79 Å². The number of carbonyl (C=O) groups excluding carboxylic acids is 1. The van der Waals surface area contributed by atoms with Crippen LogP contribution >= 0.6 is 23.6 Å². The molecule has 0 amide bonds. The fraction of sp³-hybridized carbons (Fsp3) is 0. The molecular weight excluding hydrogens is 392 g/mol. The smallest absolute Gasteiger partial charge is 0.232 e. The van der Waals surface area contributed by atoms with Crippen molar-refractivity contribution < 1.29 is 15.0 Å². The van der Waals surface area contributed by atoms with Crippen LogP contribution in [0.5, 0.6) is 11.6 Å². The Balaban J connectivity index is 1.75. The Morgan fingerprint density at radius 3 is 2.61 bits per heavy atom. The van der Waals surface area contributed by atoms with E-state index in [0.717, 1.165) is 22.5 Å². The number of nitrogens with zero attached hydrogens (tertiary/aromatic N) is 2. The maximum atomic E-state index is 12.4. The number of phenolic OH excluding ortho intramolecular Hbond substituents is 1. The number of hydrogen-bond donors (Lipinski definition) is 2. The molecule has 2 aromatic carbocycles. The van der Waals surface area contributed by atoms with Gasteiger partial charge >= 0.3 is 0 Å². The Hall–Kier alpha value is -3.29. The van der Waals surface area contributed by atoms with Gasteiger partial charge in [0.2, 0.25) is 5.88 Å². The summed E-state index contributed by atoms with van der Waals surface area (Å²) in [6, 6.07) is 14.3. The SMILES string of the molecule is O=C1C=Cc2ccccc2/C1=C/c1sc(=S)n(/N=C/c2ccccc2O)c1O. The minimum atomic E-state index is -0.158. The summed E-state index contributed by atoms with van der Waals surface area (Å²) in [5.41, 5.74) is 2.73. The van der Waals surface area contributed by atoms with E-state index in [1.807, 2.05) is 24.3 Å². The van der Waals surface area contributed by atoms with Gasteiger partial charge in [-0.1, -0.05) is 53.8 Å². The number of allylic oxidation sites excluding steroid dienone is 2. The Morgan fingerprint density at radius 2 is 1.79 bits per heavy atom. The molecule has 4 rings (SSSR count). The molecule has 0 radical (unpaired) electrons. The highest BCUT2D eigenvalue weighted by atomic mass is 32.1. The van der Waals surface area contributed by atoms with E-state index in [1.54, 1.807) is 36.4 Å². The Kier molecular flexibility index (Phi) is 4.77. The molecule has 0 unspecified atom stereocenters. The Labute approximate surface area is 169 Å². The average Bonchev–Trinajstić information content (AvgIpc) is 2.96. The van der Waals surface area contributed by atoms with Gasteiger partial charge in [-0.05, 0) is 47.6 Å². The van der Waals surface area contributed by atoms with Crippen LogP contribution in [0.4, 0.5) is 0 Å². The number of benzene rings is 2. The van der Waals surface area contributed by atoms with E-state index in [4.69, 9.17) is 12.2 Å². The number of rotatable bonds is 3. The number of fused-ring (bicyclic) bond motifs is 1. The van der Waals surface area contributed by atoms with Crippen LogP contribution in [0.25, 0.3) is 17.7 Å². The van der Waals surface area contributed by atoms with Crippen LogP contribution in [0, 0.1) is 3.95 Å². The predicted molar refractivity (Wildman–Crippen MR) is 114 cm³/mol. The number of thiazole rings is 1. The molecule has 7 heteroatoms. The van der Waals surface area contributed by atoms with Gasteiger partial charge in [-0.2, -0.15) is 9.78 Å². The molecule has 1 heterocycles. The minimum Gasteiger partial charge on any atom is -0.507 e. The molecule has 0 fully saturated rings. The molecule has 3 aromatic rings. The van der Waals surface area contributed by atoms with Crippen molar-refractivity contribution in [2.24, 2.45) is 5.10 Å². The van der Waals surface area contributed by atoms with Crippen molar-refractivity contribution in [3.8, 4) is 11.6 Å². The van der Waals surface area contributed by atoms with Crippen molar-refractivity contribution in [1.29, 1.82) is 0 Å². The van der Waals surface area contributed by atoms with Crippen LogP contribution < -0.4 is 0 Å². The Morgan fingerprint density at radius 1 is 1.04 bits per heavy atom. The lowest BCUT2D eigenvalue weighted by Gasteiger charge is -2.12. The van der Waals surface area contributed by atoms with Crippen LogP contribution in [0.1, 0.15) is 21.6 Å². The van der Waals surface area contributed by atoms with Crippen molar-refractivity contribution in [2.75, 3.05) is 0 Å². The molecule has 2 N–H and O–H groups in total. The molecule has 1 aliphatic rings. The molecule has 138 valence electrons. The van der Waals surface area contributed by atoms with Gasteiger partial charge in [0.1, 0.15) is 5.75 Å². The molecule has 1 aliphatic carbocycles. The first kappa shape index (κ1) is 18.1. The average molecular weight is 406 g/mol. The van der Waals surface area contributed by atoms with Gasteiger partial charge in [0.15, 0.2) is 9.74 Å². The van der Waals surface area contributed by atoms with E-state index in [-0.39, 0.29) is 17.4 Å². The number of ketones is 1. The van der Waals surface area contributed by atoms with Crippen LogP contribution in [0.3, 0.4) is 0 Å². The van der Waals surface area contributed by atoms with Crippen molar-refractivity contribution in [2.45, 2.75) is 0 Å². The molecule has 28 heavy (non-hydrogen) atoms. The van der Waals surface area contributed by atoms with Crippen LogP contribution in [0.2, 0.25) is 0 Å². The summed E-state index contributed by atoms with van der Waals surface area (Å²) in [5, 5.41) is 24.6. The van der Waals surface area contributed by atoms with E-state index >= 15 is 0 Å². The third-order valence-corrected chi connectivity index (χ3v) is 5.54. The third-order valence-electron chi connectivity index (χ3n) is 4.25. The summed E-state index contributed by atoms with van der Waals surface area (Å²) in [7, 11) is 0. The lowest BCUT2D eigenvalue weighted by molar-refractivity contribution is -0.109. The van der Waals surface area contributed by atoms with Gasteiger partial charge in [0.05, 0.1) is 11.1 Å². The van der Waals surface area contributed by atoms with Gasteiger partial charge in [-0.15, -0.1) is 0 Å². The predicted octanol–water partition coefficient (Wildman–Crippen LogP) is 4.71. The standard InChI is InChI=1S/C21H14N2O3S2/c24-17-8-4-2-6-14(17)12-22-23-20(26)19(28-21(23)27)11-16-15-7-3-1-5-13(15)9-10-18(16)25/h1-12,24,26H/b16-11-,22-12+. The van der Waals surface area contributed by atoms with Crippen LogP contribution in [-0.2, 0) is 4.79 Å². The zero-order chi connectivity index (χ0) is 19.7. The highest BCUT2D eigenvalue weighted by Gasteiger charge is 2.19. The molecule has 5 nitrogen and oxygen atoms in total. The molecular formula is C21H14N2O3S2. The summed E-state index contributed by atoms with van der Waals surface area (Å²) in [4.78, 5) is 12.8. The number of aromatic hydroxyl groups is 2. The third kappa shape index (κ3) is 3.33. The first-order valence-corrected chi connectivity index (χ1v) is 9.58. The maximum absolute atomic E-state index is 12.4. The number of para-hydroxylation sites is 1. The molecule has 0 aliphatic heterocycles. The lowest BCUT2D eigenvalue weighted by Crippen LogP contribution is -2.04. The van der Waals surface area contributed by atoms with Crippen molar-refractivity contribution >= 4 is 53.3 Å². The number of phenols is 1.